The average molecular weight is 386 g/mol. The van der Waals surface area contributed by atoms with Crippen LogP contribution in [0.4, 0.5) is 0 Å². The molecule has 2 aliphatic rings. The quantitative estimate of drug-likeness (QED) is 0.753. The van der Waals surface area contributed by atoms with Crippen LogP contribution >= 0.6 is 0 Å². The summed E-state index contributed by atoms with van der Waals surface area (Å²) >= 11 is 0. The van der Waals surface area contributed by atoms with Crippen molar-refractivity contribution in [1.82, 2.24) is 24.5 Å². The lowest BCUT2D eigenvalue weighted by molar-refractivity contribution is 0.0786. The Labute approximate surface area is 166 Å². The molecule has 152 valence electrons. The van der Waals surface area contributed by atoms with Crippen LogP contribution in [0, 0.1) is 5.92 Å². The Kier molecular flexibility index (Phi) is 6.24. The SMILES string of the molecule is O=C(c1nc2ccccn2c1CNCC1CCN(CCO)CC1)N1CCCC1. The number of fused-ring (bicyclic) bond motifs is 1. The monoisotopic (exact) mass is 385 g/mol. The largest absolute Gasteiger partial charge is 0.395 e. The molecular weight excluding hydrogens is 354 g/mol. The topological polar surface area (TPSA) is 73.1 Å². The molecule has 2 saturated heterocycles. The summed E-state index contributed by atoms with van der Waals surface area (Å²) in [4.78, 5) is 21.9. The Morgan fingerprint density at radius 2 is 1.96 bits per heavy atom. The number of amides is 1. The number of β-amino-alcohol motifs (C(OH)–C–C–N with tert-alkyl or cyclic N) is 1. The summed E-state index contributed by atoms with van der Waals surface area (Å²) in [6, 6.07) is 5.91. The molecule has 1 amide bonds. The fourth-order valence-electron chi connectivity index (χ4n) is 4.41. The van der Waals surface area contributed by atoms with Crippen molar-refractivity contribution >= 4 is 11.6 Å². The van der Waals surface area contributed by atoms with Gasteiger partial charge in [0, 0.05) is 32.4 Å². The minimum atomic E-state index is 0.0651. The second-order valence-electron chi connectivity index (χ2n) is 7.97. The number of aliphatic hydroxyl groups excluding tert-OH is 1. The number of hydrogen-bond acceptors (Lipinski definition) is 5. The fraction of sp³-hybridized carbons (Fsp3) is 0.619. The van der Waals surface area contributed by atoms with E-state index in [9.17, 15) is 4.79 Å². The molecule has 2 aliphatic heterocycles. The molecular formula is C21H31N5O2. The van der Waals surface area contributed by atoms with Crippen molar-refractivity contribution in [3.05, 3.63) is 35.8 Å². The minimum absolute atomic E-state index is 0.0651. The van der Waals surface area contributed by atoms with Gasteiger partial charge in [0.2, 0.25) is 0 Å². The lowest BCUT2D eigenvalue weighted by Crippen LogP contribution is -2.38. The van der Waals surface area contributed by atoms with E-state index in [0.29, 0.717) is 18.2 Å². The van der Waals surface area contributed by atoms with E-state index < -0.39 is 0 Å². The first kappa shape index (κ1) is 19.4. The van der Waals surface area contributed by atoms with Gasteiger partial charge in [-0.2, -0.15) is 0 Å². The van der Waals surface area contributed by atoms with Crippen molar-refractivity contribution in [2.24, 2.45) is 5.92 Å². The number of hydrogen-bond donors (Lipinski definition) is 2. The number of nitrogens with zero attached hydrogens (tertiary/aromatic N) is 4. The van der Waals surface area contributed by atoms with Gasteiger partial charge in [-0.15, -0.1) is 0 Å². The van der Waals surface area contributed by atoms with Crippen LogP contribution < -0.4 is 5.32 Å². The van der Waals surface area contributed by atoms with Gasteiger partial charge in [0.05, 0.1) is 12.3 Å². The predicted octanol–water partition coefficient (Wildman–Crippen LogP) is 1.36. The first-order valence-electron chi connectivity index (χ1n) is 10.6. The maximum atomic E-state index is 13.0. The lowest BCUT2D eigenvalue weighted by Gasteiger charge is -2.31. The molecule has 0 atom stereocenters. The third kappa shape index (κ3) is 4.21. The highest BCUT2D eigenvalue weighted by Gasteiger charge is 2.26. The molecule has 0 bridgehead atoms. The van der Waals surface area contributed by atoms with Gasteiger partial charge in [0.1, 0.15) is 5.65 Å². The predicted molar refractivity (Wildman–Crippen MR) is 108 cm³/mol. The second-order valence-corrected chi connectivity index (χ2v) is 7.97. The van der Waals surface area contributed by atoms with Gasteiger partial charge in [-0.25, -0.2) is 4.98 Å². The summed E-state index contributed by atoms with van der Waals surface area (Å²) in [5.41, 5.74) is 2.39. The van der Waals surface area contributed by atoms with Crippen molar-refractivity contribution < 1.29 is 9.90 Å². The number of aromatic nitrogens is 2. The summed E-state index contributed by atoms with van der Waals surface area (Å²) < 4.78 is 2.04. The summed E-state index contributed by atoms with van der Waals surface area (Å²) in [5, 5.41) is 12.7. The summed E-state index contributed by atoms with van der Waals surface area (Å²) in [6.07, 6.45) is 6.47. The van der Waals surface area contributed by atoms with Crippen LogP contribution in [0.1, 0.15) is 41.9 Å². The summed E-state index contributed by atoms with van der Waals surface area (Å²) in [5.74, 6) is 0.710. The van der Waals surface area contributed by atoms with Crippen LogP contribution in [0.15, 0.2) is 24.4 Å². The number of likely N-dealkylation sites (tertiary alicyclic amines) is 2. The number of carbonyl (C=O) groups excluding carboxylic acids is 1. The fourth-order valence-corrected chi connectivity index (χ4v) is 4.41. The van der Waals surface area contributed by atoms with Crippen molar-refractivity contribution in [2.45, 2.75) is 32.2 Å². The van der Waals surface area contributed by atoms with E-state index in [-0.39, 0.29) is 12.5 Å². The maximum absolute atomic E-state index is 13.0. The van der Waals surface area contributed by atoms with E-state index in [1.54, 1.807) is 0 Å². The summed E-state index contributed by atoms with van der Waals surface area (Å²) in [6.45, 7) is 6.41. The molecule has 7 nitrogen and oxygen atoms in total. The molecule has 0 aromatic carbocycles. The van der Waals surface area contributed by atoms with Gasteiger partial charge in [-0.3, -0.25) is 4.79 Å². The van der Waals surface area contributed by atoms with E-state index in [1.807, 2.05) is 33.7 Å². The standard InChI is InChI=1S/C21H31N5O2/c27-14-13-24-11-6-17(7-12-24)15-22-16-18-20(21(28)25-8-3-4-9-25)23-19-5-1-2-10-26(18)19/h1-2,5,10,17,22,27H,3-4,6-9,11-16H2. The van der Waals surface area contributed by atoms with E-state index >= 15 is 0 Å². The smallest absolute Gasteiger partial charge is 0.274 e. The molecule has 0 spiro atoms. The van der Waals surface area contributed by atoms with E-state index in [1.165, 1.54) is 0 Å². The van der Waals surface area contributed by atoms with Crippen LogP contribution in [0.5, 0.6) is 0 Å². The van der Waals surface area contributed by atoms with E-state index in [0.717, 1.165) is 76.3 Å². The van der Waals surface area contributed by atoms with Crippen molar-refractivity contribution in [3.63, 3.8) is 0 Å². The highest BCUT2D eigenvalue weighted by Crippen LogP contribution is 2.19. The van der Waals surface area contributed by atoms with Crippen molar-refractivity contribution in [3.8, 4) is 0 Å². The molecule has 2 N–H and O–H groups in total. The highest BCUT2D eigenvalue weighted by molar-refractivity contribution is 5.94. The number of aliphatic hydroxyl groups is 1. The number of carbonyl (C=O) groups is 1. The third-order valence-corrected chi connectivity index (χ3v) is 6.07. The Hall–Kier alpha value is -1.96. The molecule has 0 unspecified atom stereocenters. The summed E-state index contributed by atoms with van der Waals surface area (Å²) in [7, 11) is 0. The maximum Gasteiger partial charge on any atom is 0.274 e. The molecule has 0 aliphatic carbocycles. The van der Waals surface area contributed by atoms with E-state index in [2.05, 4.69) is 15.2 Å². The zero-order valence-electron chi connectivity index (χ0n) is 16.5. The van der Waals surface area contributed by atoms with Gasteiger partial charge in [0.15, 0.2) is 5.69 Å². The van der Waals surface area contributed by atoms with Crippen LogP contribution in [-0.2, 0) is 6.54 Å². The molecule has 2 fully saturated rings. The Morgan fingerprint density at radius 3 is 2.71 bits per heavy atom. The zero-order chi connectivity index (χ0) is 19.3. The number of piperidine rings is 1. The van der Waals surface area contributed by atoms with Crippen LogP contribution in [0.2, 0.25) is 0 Å². The highest BCUT2D eigenvalue weighted by atomic mass is 16.3. The zero-order valence-corrected chi connectivity index (χ0v) is 16.5. The molecule has 2 aromatic heterocycles. The normalized spacial score (nSPS) is 19.0. The molecule has 0 radical (unpaired) electrons. The Bertz CT molecular complexity index is 791. The van der Waals surface area contributed by atoms with Crippen LogP contribution in [-0.4, -0.2) is 76.1 Å². The molecule has 28 heavy (non-hydrogen) atoms. The number of rotatable bonds is 7. The van der Waals surface area contributed by atoms with Gasteiger partial charge < -0.3 is 24.6 Å². The van der Waals surface area contributed by atoms with Crippen LogP contribution in [0.25, 0.3) is 5.65 Å². The number of imidazole rings is 1. The first-order chi connectivity index (χ1) is 13.8. The van der Waals surface area contributed by atoms with Gasteiger partial charge >= 0.3 is 0 Å². The second kappa shape index (κ2) is 9.03. The molecule has 0 saturated carbocycles. The van der Waals surface area contributed by atoms with E-state index in [4.69, 9.17) is 5.11 Å². The average Bonchev–Trinajstić information content (AvgIpc) is 3.38. The Balaban J connectivity index is 1.41. The first-order valence-corrected chi connectivity index (χ1v) is 10.6. The van der Waals surface area contributed by atoms with Crippen LogP contribution in [0.3, 0.4) is 0 Å². The minimum Gasteiger partial charge on any atom is -0.395 e. The molecule has 7 heteroatoms. The lowest BCUT2D eigenvalue weighted by atomic mass is 9.97. The third-order valence-electron chi connectivity index (χ3n) is 6.07. The van der Waals surface area contributed by atoms with Gasteiger partial charge in [0.25, 0.3) is 5.91 Å². The number of nitrogens with one attached hydrogen (secondary N) is 1. The van der Waals surface area contributed by atoms with Crippen molar-refractivity contribution in [2.75, 3.05) is 45.9 Å². The molecule has 4 heterocycles. The Morgan fingerprint density at radius 1 is 1.18 bits per heavy atom. The molecule has 4 rings (SSSR count). The van der Waals surface area contributed by atoms with Gasteiger partial charge in [-0.1, -0.05) is 6.07 Å². The number of pyridine rings is 1. The van der Waals surface area contributed by atoms with Crippen molar-refractivity contribution in [1.29, 1.82) is 0 Å². The van der Waals surface area contributed by atoms with Gasteiger partial charge in [-0.05, 0) is 63.4 Å². The molecule has 2 aromatic rings.